The number of hydrogen-bond acceptors (Lipinski definition) is 2. The Morgan fingerprint density at radius 2 is 1.84 bits per heavy atom. The molecule has 1 heterocycles. The molecule has 1 N–H and O–H groups in total. The highest BCUT2D eigenvalue weighted by Crippen LogP contribution is 2.31. The highest BCUT2D eigenvalue weighted by molar-refractivity contribution is 5.79. The Morgan fingerprint density at radius 1 is 1.16 bits per heavy atom. The number of aliphatic carboxylic acids is 1. The van der Waals surface area contributed by atoms with Crippen LogP contribution in [0.5, 0.6) is 0 Å². The number of rotatable bonds is 5. The standard InChI is InChI=1S/C16H19NO2/c1-3-16(4-2,15(18)19)11-13-10-9-12-7-5-6-8-14(12)17-13/h5-10H,3-4,11H2,1-2H3,(H,18,19). The van der Waals surface area contributed by atoms with E-state index in [4.69, 9.17) is 0 Å². The van der Waals surface area contributed by atoms with Gasteiger partial charge in [0.05, 0.1) is 10.9 Å². The summed E-state index contributed by atoms with van der Waals surface area (Å²) >= 11 is 0. The van der Waals surface area contributed by atoms with Gasteiger partial charge in [0.1, 0.15) is 0 Å². The van der Waals surface area contributed by atoms with Crippen molar-refractivity contribution >= 4 is 16.9 Å². The molecule has 0 radical (unpaired) electrons. The highest BCUT2D eigenvalue weighted by Gasteiger charge is 2.35. The maximum atomic E-state index is 11.5. The van der Waals surface area contributed by atoms with Crippen LogP contribution in [0.4, 0.5) is 0 Å². The van der Waals surface area contributed by atoms with Crippen LogP contribution < -0.4 is 0 Å². The van der Waals surface area contributed by atoms with Crippen LogP contribution in [0.3, 0.4) is 0 Å². The van der Waals surface area contributed by atoms with E-state index >= 15 is 0 Å². The molecule has 19 heavy (non-hydrogen) atoms. The first-order valence-electron chi connectivity index (χ1n) is 6.69. The Bertz CT molecular complexity index is 588. The van der Waals surface area contributed by atoms with Crippen LogP contribution in [0.25, 0.3) is 10.9 Å². The molecule has 0 atom stereocenters. The molecule has 3 heteroatoms. The predicted molar refractivity (Wildman–Crippen MR) is 76.1 cm³/mol. The molecule has 0 saturated heterocycles. The second-order valence-electron chi connectivity index (χ2n) is 4.96. The van der Waals surface area contributed by atoms with Crippen LogP contribution in [-0.4, -0.2) is 16.1 Å². The SMILES string of the molecule is CCC(CC)(Cc1ccc2ccccc2n1)C(=O)O. The fourth-order valence-electron chi connectivity index (χ4n) is 2.43. The zero-order valence-electron chi connectivity index (χ0n) is 11.4. The number of para-hydroxylation sites is 1. The van der Waals surface area contributed by atoms with Gasteiger partial charge in [0, 0.05) is 17.5 Å². The number of aromatic nitrogens is 1. The fraction of sp³-hybridized carbons (Fsp3) is 0.375. The third-order valence-electron chi connectivity index (χ3n) is 3.98. The molecule has 2 aromatic rings. The van der Waals surface area contributed by atoms with Crippen LogP contribution in [0, 0.1) is 5.41 Å². The molecule has 100 valence electrons. The van der Waals surface area contributed by atoms with E-state index in [-0.39, 0.29) is 0 Å². The molecule has 0 spiro atoms. The monoisotopic (exact) mass is 257 g/mol. The molecule has 0 bridgehead atoms. The topological polar surface area (TPSA) is 50.2 Å². The van der Waals surface area contributed by atoms with E-state index in [2.05, 4.69) is 4.98 Å². The van der Waals surface area contributed by atoms with E-state index in [0.717, 1.165) is 16.6 Å². The minimum atomic E-state index is -0.729. The van der Waals surface area contributed by atoms with Crippen molar-refractivity contribution in [2.24, 2.45) is 5.41 Å². The van der Waals surface area contributed by atoms with Crippen molar-refractivity contribution in [2.45, 2.75) is 33.1 Å². The van der Waals surface area contributed by atoms with Crippen molar-refractivity contribution in [1.82, 2.24) is 4.98 Å². The molecule has 0 aliphatic rings. The molecule has 0 aliphatic heterocycles. The summed E-state index contributed by atoms with van der Waals surface area (Å²) in [5.74, 6) is -0.729. The van der Waals surface area contributed by atoms with E-state index in [9.17, 15) is 9.90 Å². The third-order valence-corrected chi connectivity index (χ3v) is 3.98. The number of nitrogens with zero attached hydrogens (tertiary/aromatic N) is 1. The molecule has 0 saturated carbocycles. The summed E-state index contributed by atoms with van der Waals surface area (Å²) in [5.41, 5.74) is 1.08. The van der Waals surface area contributed by atoms with Crippen LogP contribution in [0.2, 0.25) is 0 Å². The van der Waals surface area contributed by atoms with Gasteiger partial charge in [-0.1, -0.05) is 38.1 Å². The maximum absolute atomic E-state index is 11.5. The molecule has 0 fully saturated rings. The number of fused-ring (bicyclic) bond motifs is 1. The molecular weight excluding hydrogens is 238 g/mol. The Labute approximate surface area is 113 Å². The average molecular weight is 257 g/mol. The molecule has 0 amide bonds. The number of pyridine rings is 1. The summed E-state index contributed by atoms with van der Waals surface area (Å²) in [5, 5.41) is 10.6. The van der Waals surface area contributed by atoms with Crippen LogP contribution in [0.1, 0.15) is 32.4 Å². The summed E-state index contributed by atoms with van der Waals surface area (Å²) in [6.07, 6.45) is 1.72. The van der Waals surface area contributed by atoms with E-state index in [1.807, 2.05) is 50.2 Å². The van der Waals surface area contributed by atoms with Gasteiger partial charge in [0.25, 0.3) is 0 Å². The Hall–Kier alpha value is -1.90. The lowest BCUT2D eigenvalue weighted by atomic mass is 9.78. The van der Waals surface area contributed by atoms with E-state index in [1.54, 1.807) is 0 Å². The van der Waals surface area contributed by atoms with Gasteiger partial charge >= 0.3 is 5.97 Å². The van der Waals surface area contributed by atoms with Crippen molar-refractivity contribution in [3.05, 3.63) is 42.1 Å². The zero-order chi connectivity index (χ0) is 13.9. The van der Waals surface area contributed by atoms with Crippen molar-refractivity contribution in [1.29, 1.82) is 0 Å². The number of carbonyl (C=O) groups is 1. The molecule has 1 aromatic heterocycles. The van der Waals surface area contributed by atoms with Crippen LogP contribution in [-0.2, 0) is 11.2 Å². The summed E-state index contributed by atoms with van der Waals surface area (Å²) in [6, 6.07) is 11.8. The van der Waals surface area contributed by atoms with Gasteiger partial charge in [-0.25, -0.2) is 0 Å². The van der Waals surface area contributed by atoms with Crippen molar-refractivity contribution in [3.8, 4) is 0 Å². The predicted octanol–water partition coefficient (Wildman–Crippen LogP) is 3.67. The minimum absolute atomic E-state index is 0.486. The second-order valence-corrected chi connectivity index (χ2v) is 4.96. The first-order chi connectivity index (χ1) is 9.11. The summed E-state index contributed by atoms with van der Waals surface area (Å²) < 4.78 is 0. The molecule has 0 unspecified atom stereocenters. The number of benzene rings is 1. The maximum Gasteiger partial charge on any atom is 0.310 e. The van der Waals surface area contributed by atoms with E-state index < -0.39 is 11.4 Å². The molecular formula is C16H19NO2. The van der Waals surface area contributed by atoms with E-state index in [0.29, 0.717) is 19.3 Å². The molecule has 0 aliphatic carbocycles. The fourth-order valence-corrected chi connectivity index (χ4v) is 2.43. The summed E-state index contributed by atoms with van der Waals surface area (Å²) in [6.45, 7) is 3.86. The van der Waals surface area contributed by atoms with Gasteiger partial charge < -0.3 is 5.11 Å². The van der Waals surface area contributed by atoms with Crippen molar-refractivity contribution < 1.29 is 9.90 Å². The van der Waals surface area contributed by atoms with Gasteiger partial charge in [0.15, 0.2) is 0 Å². The van der Waals surface area contributed by atoms with Gasteiger partial charge in [-0.3, -0.25) is 9.78 Å². The quantitative estimate of drug-likeness (QED) is 0.889. The van der Waals surface area contributed by atoms with Crippen molar-refractivity contribution in [2.75, 3.05) is 0 Å². The Morgan fingerprint density at radius 3 is 2.47 bits per heavy atom. The lowest BCUT2D eigenvalue weighted by Crippen LogP contribution is -2.32. The molecule has 2 rings (SSSR count). The zero-order valence-corrected chi connectivity index (χ0v) is 11.4. The van der Waals surface area contributed by atoms with Crippen molar-refractivity contribution in [3.63, 3.8) is 0 Å². The van der Waals surface area contributed by atoms with E-state index in [1.165, 1.54) is 0 Å². The van der Waals surface area contributed by atoms with Gasteiger partial charge in [0.2, 0.25) is 0 Å². The summed E-state index contributed by atoms with van der Waals surface area (Å²) in [4.78, 5) is 16.1. The second kappa shape index (κ2) is 5.39. The highest BCUT2D eigenvalue weighted by atomic mass is 16.4. The largest absolute Gasteiger partial charge is 0.481 e. The number of hydrogen-bond donors (Lipinski definition) is 1. The molecule has 1 aromatic carbocycles. The first kappa shape index (κ1) is 13.5. The van der Waals surface area contributed by atoms with Crippen LogP contribution in [0.15, 0.2) is 36.4 Å². The normalized spacial score (nSPS) is 11.7. The number of carboxylic acid groups (broad SMARTS) is 1. The first-order valence-corrected chi connectivity index (χ1v) is 6.69. The third kappa shape index (κ3) is 2.60. The Balaban J connectivity index is 2.36. The van der Waals surface area contributed by atoms with Gasteiger partial charge in [-0.15, -0.1) is 0 Å². The Kier molecular flexibility index (Phi) is 3.84. The minimum Gasteiger partial charge on any atom is -0.481 e. The smallest absolute Gasteiger partial charge is 0.310 e. The number of carboxylic acids is 1. The lowest BCUT2D eigenvalue weighted by Gasteiger charge is -2.26. The summed E-state index contributed by atoms with van der Waals surface area (Å²) in [7, 11) is 0. The average Bonchev–Trinajstić information content (AvgIpc) is 2.44. The van der Waals surface area contributed by atoms with Gasteiger partial charge in [-0.05, 0) is 25.0 Å². The van der Waals surface area contributed by atoms with Gasteiger partial charge in [-0.2, -0.15) is 0 Å². The lowest BCUT2D eigenvalue weighted by molar-refractivity contribution is -0.149. The molecule has 3 nitrogen and oxygen atoms in total. The van der Waals surface area contributed by atoms with Crippen LogP contribution >= 0.6 is 0 Å².